The topological polar surface area (TPSA) is 178 Å². The molecule has 0 aliphatic heterocycles. The van der Waals surface area contributed by atoms with E-state index in [-0.39, 0.29) is 0 Å². The highest BCUT2D eigenvalue weighted by Gasteiger charge is 2.40. The van der Waals surface area contributed by atoms with Crippen LogP contribution in [0.4, 0.5) is 0 Å². The largest absolute Gasteiger partial charge is 0.497 e. The van der Waals surface area contributed by atoms with E-state index in [2.05, 4.69) is 24.8 Å². The van der Waals surface area contributed by atoms with Gasteiger partial charge in [-0.15, -0.1) is 0 Å². The van der Waals surface area contributed by atoms with Gasteiger partial charge in [0.15, 0.2) is 5.60 Å². The van der Waals surface area contributed by atoms with Gasteiger partial charge in [-0.05, 0) is 66.7 Å². The van der Waals surface area contributed by atoms with Gasteiger partial charge in [0.2, 0.25) is 0 Å². The van der Waals surface area contributed by atoms with Crippen molar-refractivity contribution in [2.75, 3.05) is 33.4 Å². The third-order valence-electron chi connectivity index (χ3n) is 5.57. The number of benzene rings is 2. The van der Waals surface area contributed by atoms with E-state index >= 15 is 0 Å². The summed E-state index contributed by atoms with van der Waals surface area (Å²) >= 11 is 0. The highest BCUT2D eigenvalue weighted by Crippen LogP contribution is 2.22. The van der Waals surface area contributed by atoms with Gasteiger partial charge in [-0.3, -0.25) is 9.59 Å². The predicted molar refractivity (Wildman–Crippen MR) is 143 cm³/mol. The number of nitriles is 1. The zero-order valence-corrected chi connectivity index (χ0v) is 22.2. The van der Waals surface area contributed by atoms with Gasteiger partial charge in [-0.2, -0.15) is 5.26 Å². The Morgan fingerprint density at radius 1 is 0.923 bits per heavy atom. The maximum absolute atomic E-state index is 10.3. The Balaban J connectivity index is 0.000000495. The van der Waals surface area contributed by atoms with E-state index < -0.39 is 36.4 Å². The zero-order valence-electron chi connectivity index (χ0n) is 22.2. The van der Waals surface area contributed by atoms with Crippen LogP contribution >= 0.6 is 0 Å². The molecule has 0 heterocycles. The lowest BCUT2D eigenvalue weighted by atomic mass is 9.96. The van der Waals surface area contributed by atoms with Crippen molar-refractivity contribution in [1.29, 1.82) is 5.26 Å². The van der Waals surface area contributed by atoms with Crippen molar-refractivity contribution in [3.63, 3.8) is 0 Å². The Bertz CT molecular complexity index is 1130. The Morgan fingerprint density at radius 3 is 1.85 bits per heavy atom. The second-order valence-electron chi connectivity index (χ2n) is 8.32. The number of hydrogen-bond donors (Lipinski definition) is 4. The summed E-state index contributed by atoms with van der Waals surface area (Å²) in [5.74, 6) is -3.40. The van der Waals surface area contributed by atoms with Crippen molar-refractivity contribution in [3.8, 4) is 17.6 Å². The molecule has 2 rings (SSSR count). The number of ether oxygens (including phenoxy) is 2. The number of likely N-dealkylation sites (N-methyl/N-ethyl adjacent to an activating group) is 1. The molecule has 210 valence electrons. The Morgan fingerprint density at radius 2 is 1.44 bits per heavy atom. The van der Waals surface area contributed by atoms with E-state index in [9.17, 15) is 19.6 Å². The van der Waals surface area contributed by atoms with E-state index in [0.29, 0.717) is 12.2 Å². The summed E-state index contributed by atoms with van der Waals surface area (Å²) in [6.45, 7) is 7.97. The molecule has 0 saturated heterocycles. The fraction of sp³-hybridized carbons (Fsp3) is 0.357. The molecule has 0 radical (unpaired) electrons. The summed E-state index contributed by atoms with van der Waals surface area (Å²) in [5.41, 5.74) is -0.290. The molecule has 0 aromatic heterocycles. The van der Waals surface area contributed by atoms with Crippen molar-refractivity contribution >= 4 is 29.6 Å². The van der Waals surface area contributed by atoms with Gasteiger partial charge in [0.1, 0.15) is 18.1 Å². The van der Waals surface area contributed by atoms with Crippen molar-refractivity contribution in [2.45, 2.75) is 32.3 Å². The lowest BCUT2D eigenvalue weighted by molar-refractivity contribution is -0.170. The molecule has 0 bridgehead atoms. The van der Waals surface area contributed by atoms with Gasteiger partial charge >= 0.3 is 17.9 Å². The van der Waals surface area contributed by atoms with Gasteiger partial charge in [0, 0.05) is 6.54 Å². The van der Waals surface area contributed by atoms with Crippen LogP contribution in [0, 0.1) is 11.3 Å². The second-order valence-corrected chi connectivity index (χ2v) is 8.32. The van der Waals surface area contributed by atoms with Crippen LogP contribution in [-0.2, 0) is 14.4 Å². The minimum absolute atomic E-state index is 0.614. The molecule has 0 aliphatic rings. The first-order chi connectivity index (χ1) is 18.5. The number of aliphatic carboxylic acids is 3. The van der Waals surface area contributed by atoms with Crippen molar-refractivity contribution in [2.24, 2.45) is 0 Å². The number of methoxy groups -OCH3 is 1. The molecule has 4 N–H and O–H groups in total. The number of aliphatic hydroxyl groups is 1. The van der Waals surface area contributed by atoms with Gasteiger partial charge in [0.25, 0.3) is 0 Å². The summed E-state index contributed by atoms with van der Waals surface area (Å²) in [5, 5.41) is 43.3. The summed E-state index contributed by atoms with van der Waals surface area (Å²) in [4.78, 5) is 32.8. The third kappa shape index (κ3) is 11.7. The Hall–Kier alpha value is -4.40. The molecule has 0 spiro atoms. The first kappa shape index (κ1) is 32.6. The molecular formula is C28H34N2O9. The van der Waals surface area contributed by atoms with Crippen molar-refractivity contribution < 1.29 is 44.3 Å². The molecule has 39 heavy (non-hydrogen) atoms. The van der Waals surface area contributed by atoms with Gasteiger partial charge < -0.3 is 34.8 Å². The van der Waals surface area contributed by atoms with Crippen molar-refractivity contribution in [3.05, 3.63) is 59.7 Å². The van der Waals surface area contributed by atoms with Crippen LogP contribution in [0.25, 0.3) is 11.6 Å². The number of carbonyl (C=O) groups is 3. The SMILES string of the molecule is CCN(CC)CCOc1ccc(/C=C(\C#N)c2ccc(OC)cc2)cc1.O=C(O)CC(O)(CC(=O)O)C(=O)O. The standard InChI is InChI=1S/C22H26N2O2.C6H8O7/c1-4-24(5-2)14-15-26-22-10-6-18(7-11-22)16-20(17-23)19-8-12-21(25-3)13-9-19;7-3(8)1-6(13,5(11)12)2-4(9)10/h6-13,16H,4-5,14-15H2,1-3H3;13H,1-2H2,(H,7,8)(H,9,10)(H,11,12)/b20-16+;. The summed E-state index contributed by atoms with van der Waals surface area (Å²) in [6, 6.07) is 17.6. The Labute approximate surface area is 227 Å². The summed E-state index contributed by atoms with van der Waals surface area (Å²) in [6.07, 6.45) is -0.412. The minimum Gasteiger partial charge on any atom is -0.497 e. The highest BCUT2D eigenvalue weighted by atomic mass is 16.5. The van der Waals surface area contributed by atoms with Gasteiger partial charge in [0.05, 0.1) is 31.6 Å². The van der Waals surface area contributed by atoms with E-state index in [1.165, 1.54) is 0 Å². The van der Waals surface area contributed by atoms with Crippen LogP contribution in [0.15, 0.2) is 48.5 Å². The van der Waals surface area contributed by atoms with E-state index in [0.717, 1.165) is 42.3 Å². The molecule has 11 nitrogen and oxygen atoms in total. The first-order valence-corrected chi connectivity index (χ1v) is 12.1. The van der Waals surface area contributed by atoms with Crippen LogP contribution < -0.4 is 9.47 Å². The molecule has 0 atom stereocenters. The highest BCUT2D eigenvalue weighted by molar-refractivity contribution is 5.90. The molecule has 0 saturated carbocycles. The quantitative estimate of drug-likeness (QED) is 0.203. The normalized spacial score (nSPS) is 11.1. The van der Waals surface area contributed by atoms with Crippen LogP contribution in [0.1, 0.15) is 37.8 Å². The molecule has 0 unspecified atom stereocenters. The first-order valence-electron chi connectivity index (χ1n) is 12.1. The fourth-order valence-corrected chi connectivity index (χ4v) is 3.32. The summed E-state index contributed by atoms with van der Waals surface area (Å²) in [7, 11) is 1.63. The van der Waals surface area contributed by atoms with Crippen LogP contribution in [0.2, 0.25) is 0 Å². The smallest absolute Gasteiger partial charge is 0.336 e. The van der Waals surface area contributed by atoms with E-state index in [4.69, 9.17) is 29.9 Å². The average Bonchev–Trinajstić information content (AvgIpc) is 2.90. The summed E-state index contributed by atoms with van der Waals surface area (Å²) < 4.78 is 11.0. The zero-order chi connectivity index (χ0) is 29.4. The number of carboxylic acid groups (broad SMARTS) is 3. The number of allylic oxidation sites excluding steroid dienone is 1. The average molecular weight is 543 g/mol. The number of hydrogen-bond acceptors (Lipinski definition) is 8. The predicted octanol–water partition coefficient (Wildman–Crippen LogP) is 3.23. The van der Waals surface area contributed by atoms with Crippen LogP contribution in [-0.4, -0.2) is 82.2 Å². The van der Waals surface area contributed by atoms with E-state index in [1.807, 2.05) is 54.6 Å². The molecule has 0 aliphatic carbocycles. The second kappa shape index (κ2) is 16.4. The fourth-order valence-electron chi connectivity index (χ4n) is 3.32. The number of carboxylic acids is 3. The number of nitrogens with zero attached hydrogens (tertiary/aromatic N) is 2. The molecule has 11 heteroatoms. The van der Waals surface area contributed by atoms with Crippen LogP contribution in [0.3, 0.4) is 0 Å². The lowest BCUT2D eigenvalue weighted by Gasteiger charge is -2.18. The van der Waals surface area contributed by atoms with Gasteiger partial charge in [-0.25, -0.2) is 4.79 Å². The third-order valence-corrected chi connectivity index (χ3v) is 5.57. The number of rotatable bonds is 14. The lowest BCUT2D eigenvalue weighted by Crippen LogP contribution is -2.42. The van der Waals surface area contributed by atoms with Crippen molar-refractivity contribution in [1.82, 2.24) is 4.90 Å². The van der Waals surface area contributed by atoms with E-state index in [1.54, 1.807) is 7.11 Å². The molecule has 2 aromatic carbocycles. The molecule has 0 amide bonds. The maximum atomic E-state index is 10.3. The Kier molecular flexibility index (Phi) is 13.8. The van der Waals surface area contributed by atoms with Crippen LogP contribution in [0.5, 0.6) is 11.5 Å². The molecule has 0 fully saturated rings. The molecule has 2 aromatic rings. The molecular weight excluding hydrogens is 508 g/mol. The monoisotopic (exact) mass is 542 g/mol. The van der Waals surface area contributed by atoms with Gasteiger partial charge in [-0.1, -0.05) is 26.0 Å². The maximum Gasteiger partial charge on any atom is 0.336 e. The minimum atomic E-state index is -2.74.